The van der Waals surface area contributed by atoms with E-state index in [1.165, 1.54) is 0 Å². The average molecular weight is 366 g/mol. The van der Waals surface area contributed by atoms with Crippen molar-refractivity contribution in [1.29, 1.82) is 0 Å². The van der Waals surface area contributed by atoms with Crippen molar-refractivity contribution in [2.45, 2.75) is 13.5 Å². The lowest BCUT2D eigenvalue weighted by Gasteiger charge is -2.13. The minimum Gasteiger partial charge on any atom is -0.382 e. The molecule has 130 valence electrons. The fraction of sp³-hybridized carbons (Fsp3) is 0.111. The summed E-state index contributed by atoms with van der Waals surface area (Å²) < 4.78 is 1.65. The Bertz CT molecular complexity index is 1120. The van der Waals surface area contributed by atoms with E-state index in [4.69, 9.17) is 23.1 Å². The van der Waals surface area contributed by atoms with E-state index in [9.17, 15) is 0 Å². The van der Waals surface area contributed by atoms with Crippen molar-refractivity contribution in [3.63, 3.8) is 0 Å². The largest absolute Gasteiger partial charge is 0.382 e. The van der Waals surface area contributed by atoms with Crippen LogP contribution in [0, 0.1) is 6.92 Å². The fourth-order valence-corrected chi connectivity index (χ4v) is 3.07. The molecular weight excluding hydrogens is 350 g/mol. The van der Waals surface area contributed by atoms with Gasteiger partial charge >= 0.3 is 0 Å². The number of aromatic nitrogens is 5. The normalized spacial score (nSPS) is 11.2. The van der Waals surface area contributed by atoms with Gasteiger partial charge in [0.25, 0.3) is 0 Å². The van der Waals surface area contributed by atoms with Crippen LogP contribution in [0.1, 0.15) is 11.4 Å². The molecule has 3 heterocycles. The van der Waals surface area contributed by atoms with Crippen LogP contribution in [0.25, 0.3) is 28.0 Å². The summed E-state index contributed by atoms with van der Waals surface area (Å²) in [6.07, 6.45) is 3.52. The highest BCUT2D eigenvalue weighted by Gasteiger charge is 2.17. The van der Waals surface area contributed by atoms with Gasteiger partial charge < -0.3 is 11.5 Å². The number of fused-ring (bicyclic) bond motifs is 1. The second kappa shape index (κ2) is 6.36. The molecule has 0 unspecified atom stereocenters. The third-order valence-electron chi connectivity index (χ3n) is 4.05. The molecule has 4 aromatic rings. The monoisotopic (exact) mass is 365 g/mol. The van der Waals surface area contributed by atoms with Crippen molar-refractivity contribution >= 4 is 28.3 Å². The zero-order chi connectivity index (χ0) is 18.3. The number of nitrogens with two attached hydrogens (primary N) is 2. The van der Waals surface area contributed by atoms with Crippen LogP contribution in [-0.4, -0.2) is 24.7 Å². The Morgan fingerprint density at radius 1 is 1.19 bits per heavy atom. The lowest BCUT2D eigenvalue weighted by molar-refractivity contribution is 0.821. The van der Waals surface area contributed by atoms with Gasteiger partial charge in [-0.05, 0) is 31.2 Å². The van der Waals surface area contributed by atoms with E-state index in [1.54, 1.807) is 10.9 Å². The molecule has 8 heteroatoms. The molecule has 0 saturated heterocycles. The standard InChI is InChI=1S/C18H16ClN7/c1-10-4-6-26(25-10)18-16(23-14(9-20)17(21)24-18)12-7-11-3-2-5-22-15(11)13(19)8-12/h2-8H,9,20H2,1H3,(H2,21,24). The Labute approximate surface area is 154 Å². The molecule has 26 heavy (non-hydrogen) atoms. The van der Waals surface area contributed by atoms with Gasteiger partial charge in [-0.1, -0.05) is 17.7 Å². The summed E-state index contributed by atoms with van der Waals surface area (Å²) in [6.45, 7) is 2.09. The predicted octanol–water partition coefficient (Wildman–Crippen LogP) is 2.88. The lowest BCUT2D eigenvalue weighted by Crippen LogP contribution is -2.12. The zero-order valence-electron chi connectivity index (χ0n) is 14.0. The number of anilines is 1. The van der Waals surface area contributed by atoms with Crippen LogP contribution in [-0.2, 0) is 6.54 Å². The van der Waals surface area contributed by atoms with E-state index in [1.807, 2.05) is 43.5 Å². The first-order chi connectivity index (χ1) is 12.6. The number of hydrogen-bond acceptors (Lipinski definition) is 6. The van der Waals surface area contributed by atoms with Gasteiger partial charge in [0.1, 0.15) is 11.5 Å². The van der Waals surface area contributed by atoms with Crippen molar-refractivity contribution in [2.75, 3.05) is 5.73 Å². The van der Waals surface area contributed by atoms with Crippen LogP contribution >= 0.6 is 11.6 Å². The number of hydrogen-bond donors (Lipinski definition) is 2. The van der Waals surface area contributed by atoms with Crippen molar-refractivity contribution < 1.29 is 0 Å². The average Bonchev–Trinajstić information content (AvgIpc) is 3.07. The zero-order valence-corrected chi connectivity index (χ0v) is 14.8. The number of halogens is 1. The second-order valence-corrected chi connectivity index (χ2v) is 6.27. The van der Waals surface area contributed by atoms with Gasteiger partial charge in [-0.2, -0.15) is 5.10 Å². The third kappa shape index (κ3) is 2.77. The van der Waals surface area contributed by atoms with E-state index < -0.39 is 0 Å². The summed E-state index contributed by atoms with van der Waals surface area (Å²) in [5.74, 6) is 0.806. The molecule has 1 aromatic carbocycles. The molecule has 7 nitrogen and oxygen atoms in total. The van der Waals surface area contributed by atoms with E-state index in [-0.39, 0.29) is 12.4 Å². The molecule has 0 radical (unpaired) electrons. The number of benzene rings is 1. The van der Waals surface area contributed by atoms with Gasteiger partial charge in [0.15, 0.2) is 5.82 Å². The van der Waals surface area contributed by atoms with Crippen LogP contribution in [0.4, 0.5) is 5.82 Å². The summed E-state index contributed by atoms with van der Waals surface area (Å²) >= 11 is 6.44. The van der Waals surface area contributed by atoms with Gasteiger partial charge in [0.05, 0.1) is 21.9 Å². The Kier molecular flexibility index (Phi) is 4.02. The molecule has 0 aliphatic carbocycles. The number of nitrogens with zero attached hydrogens (tertiary/aromatic N) is 5. The quantitative estimate of drug-likeness (QED) is 0.577. The van der Waals surface area contributed by atoms with Gasteiger partial charge in [0.2, 0.25) is 0 Å². The minimum atomic E-state index is 0.188. The number of nitrogen functional groups attached to an aromatic ring is 1. The molecule has 0 saturated carbocycles. The maximum Gasteiger partial charge on any atom is 0.182 e. The number of rotatable bonds is 3. The van der Waals surface area contributed by atoms with Gasteiger partial charge in [0, 0.05) is 29.9 Å². The van der Waals surface area contributed by atoms with Gasteiger partial charge in [-0.15, -0.1) is 0 Å². The minimum absolute atomic E-state index is 0.188. The Morgan fingerprint density at radius 3 is 2.77 bits per heavy atom. The van der Waals surface area contributed by atoms with Crippen molar-refractivity contribution in [1.82, 2.24) is 24.7 Å². The number of aryl methyl sites for hydroxylation is 1. The molecule has 3 aromatic heterocycles. The Hall–Kier alpha value is -3.03. The van der Waals surface area contributed by atoms with E-state index in [0.717, 1.165) is 22.2 Å². The Balaban J connectivity index is 2.01. The molecule has 0 spiro atoms. The second-order valence-electron chi connectivity index (χ2n) is 5.87. The highest BCUT2D eigenvalue weighted by molar-refractivity contribution is 6.35. The van der Waals surface area contributed by atoms with Crippen molar-refractivity contribution in [3.8, 4) is 17.1 Å². The van der Waals surface area contributed by atoms with Gasteiger partial charge in [-0.25, -0.2) is 14.6 Å². The lowest BCUT2D eigenvalue weighted by atomic mass is 10.1. The molecule has 0 bridgehead atoms. The summed E-state index contributed by atoms with van der Waals surface area (Å²) in [5, 5.41) is 5.87. The van der Waals surface area contributed by atoms with Crippen LogP contribution < -0.4 is 11.5 Å². The van der Waals surface area contributed by atoms with E-state index in [0.29, 0.717) is 22.2 Å². The molecule has 4 rings (SSSR count). The van der Waals surface area contributed by atoms with E-state index in [2.05, 4.69) is 20.1 Å². The predicted molar refractivity (Wildman–Crippen MR) is 102 cm³/mol. The first-order valence-corrected chi connectivity index (χ1v) is 8.38. The topological polar surface area (TPSA) is 109 Å². The van der Waals surface area contributed by atoms with Crippen molar-refractivity contribution in [3.05, 3.63) is 59.1 Å². The first-order valence-electron chi connectivity index (χ1n) is 8.00. The summed E-state index contributed by atoms with van der Waals surface area (Å²) in [4.78, 5) is 13.5. The maximum atomic E-state index is 6.44. The molecule has 0 atom stereocenters. The summed E-state index contributed by atoms with van der Waals surface area (Å²) in [6, 6.07) is 9.48. The van der Waals surface area contributed by atoms with Crippen LogP contribution in [0.3, 0.4) is 0 Å². The SMILES string of the molecule is Cc1ccn(-c2nc(N)c(CN)nc2-c2cc(Cl)c3ncccc3c2)n1. The van der Waals surface area contributed by atoms with Crippen LogP contribution in [0.15, 0.2) is 42.7 Å². The smallest absolute Gasteiger partial charge is 0.182 e. The maximum absolute atomic E-state index is 6.44. The molecular formula is C18H16ClN7. The highest BCUT2D eigenvalue weighted by atomic mass is 35.5. The first kappa shape index (κ1) is 16.4. The molecule has 0 amide bonds. The third-order valence-corrected chi connectivity index (χ3v) is 4.33. The van der Waals surface area contributed by atoms with Crippen LogP contribution in [0.2, 0.25) is 5.02 Å². The summed E-state index contributed by atoms with van der Waals surface area (Å²) in [7, 11) is 0. The molecule has 0 aliphatic heterocycles. The fourth-order valence-electron chi connectivity index (χ4n) is 2.79. The van der Waals surface area contributed by atoms with Crippen LogP contribution in [0.5, 0.6) is 0 Å². The molecule has 0 fully saturated rings. The highest BCUT2D eigenvalue weighted by Crippen LogP contribution is 2.32. The van der Waals surface area contributed by atoms with Crippen molar-refractivity contribution in [2.24, 2.45) is 5.73 Å². The van der Waals surface area contributed by atoms with E-state index >= 15 is 0 Å². The number of pyridine rings is 1. The molecule has 4 N–H and O–H groups in total. The van der Waals surface area contributed by atoms with Gasteiger partial charge in [-0.3, -0.25) is 4.98 Å². The Morgan fingerprint density at radius 2 is 2.04 bits per heavy atom. The molecule has 0 aliphatic rings. The summed E-state index contributed by atoms with van der Waals surface area (Å²) in [5.41, 5.74) is 15.3.